The van der Waals surface area contributed by atoms with Crippen LogP contribution in [0.25, 0.3) is 0 Å². The van der Waals surface area contributed by atoms with Gasteiger partial charge in [-0.05, 0) is 0 Å². The third kappa shape index (κ3) is 3.24. The van der Waals surface area contributed by atoms with Gasteiger partial charge in [0.25, 0.3) is 0 Å². The predicted molar refractivity (Wildman–Crippen MR) is 67.7 cm³/mol. The van der Waals surface area contributed by atoms with Crippen LogP contribution >= 0.6 is 0 Å². The third-order valence-electron chi connectivity index (χ3n) is 2.65. The minimum atomic E-state index is -0.735. The zero-order valence-electron chi connectivity index (χ0n) is 10.6. The van der Waals surface area contributed by atoms with Gasteiger partial charge in [0, 0.05) is 5.56 Å². The Hall–Kier alpha value is -2.60. The van der Waals surface area contributed by atoms with Crippen molar-refractivity contribution in [1.29, 1.82) is 0 Å². The smallest absolute Gasteiger partial charge is 0.407 e. The lowest BCUT2D eigenvalue weighted by atomic mass is 10.1. The van der Waals surface area contributed by atoms with Gasteiger partial charge in [0.2, 0.25) is 12.3 Å². The Morgan fingerprint density at radius 2 is 2.00 bits per heavy atom. The molecule has 20 heavy (non-hydrogen) atoms. The summed E-state index contributed by atoms with van der Waals surface area (Å²) in [6.45, 7) is -0.733. The average Bonchev–Trinajstić information content (AvgIpc) is 2.49. The number of aliphatic hydroxyl groups is 1. The van der Waals surface area contributed by atoms with Crippen LogP contribution in [0.2, 0.25) is 0 Å². The summed E-state index contributed by atoms with van der Waals surface area (Å²) in [4.78, 5) is 27.5. The van der Waals surface area contributed by atoms with Gasteiger partial charge in [-0.3, -0.25) is 9.78 Å². The summed E-state index contributed by atoms with van der Waals surface area (Å²) in [6, 6.07) is 8.77. The Bertz CT molecular complexity index is 614. The van der Waals surface area contributed by atoms with Gasteiger partial charge in [-0.25, -0.2) is 4.79 Å². The molecule has 102 valence electrons. The number of rotatable bonds is 5. The van der Waals surface area contributed by atoms with Gasteiger partial charge in [-0.15, -0.1) is 0 Å². The predicted octanol–water partition coefficient (Wildman–Crippen LogP) is 0.359. The zero-order chi connectivity index (χ0) is 14.4. The molecule has 0 spiro atoms. The Kier molecular flexibility index (Phi) is 4.52. The summed E-state index contributed by atoms with van der Waals surface area (Å²) in [5, 5.41) is 8.61. The second-order valence-corrected chi connectivity index (χ2v) is 3.94. The van der Waals surface area contributed by atoms with Crippen molar-refractivity contribution < 1.29 is 24.0 Å². The highest BCUT2D eigenvalue weighted by Gasteiger charge is 2.23. The number of benzene rings is 1. The number of hydrogen-bond acceptors (Lipinski definition) is 5. The summed E-state index contributed by atoms with van der Waals surface area (Å²) in [5.74, 6) is -0.874. The molecule has 6 nitrogen and oxygen atoms in total. The molecule has 1 aromatic carbocycles. The van der Waals surface area contributed by atoms with Crippen molar-refractivity contribution in [3.05, 3.63) is 60.2 Å². The van der Waals surface area contributed by atoms with E-state index < -0.39 is 12.8 Å². The number of carbonyl (C=O) groups is 2. The molecular weight excluding hydrogens is 260 g/mol. The Morgan fingerprint density at radius 3 is 2.70 bits per heavy atom. The van der Waals surface area contributed by atoms with E-state index in [4.69, 9.17) is 5.11 Å². The molecule has 0 unspecified atom stereocenters. The molecule has 2 rings (SSSR count). The molecule has 0 saturated heterocycles. The fraction of sp³-hybridized carbons (Fsp3) is 0.143. The van der Waals surface area contributed by atoms with Crippen molar-refractivity contribution in [3.8, 4) is 0 Å². The molecule has 6 heteroatoms. The van der Waals surface area contributed by atoms with E-state index in [2.05, 4.69) is 9.72 Å². The first-order valence-corrected chi connectivity index (χ1v) is 5.92. The number of aliphatic hydroxyl groups excluding tert-OH is 1. The quantitative estimate of drug-likeness (QED) is 0.368. The number of esters is 1. The number of aromatic nitrogens is 2. The van der Waals surface area contributed by atoms with Crippen molar-refractivity contribution in [2.24, 2.45) is 0 Å². The number of ketones is 1. The highest BCUT2D eigenvalue weighted by Crippen LogP contribution is 2.01. The monoisotopic (exact) mass is 273 g/mol. The molecule has 0 aliphatic rings. The average molecular weight is 273 g/mol. The topological polar surface area (TPSA) is 80.4 Å². The fourth-order valence-corrected chi connectivity index (χ4v) is 1.70. The van der Waals surface area contributed by atoms with E-state index in [1.54, 1.807) is 24.3 Å². The summed E-state index contributed by atoms with van der Waals surface area (Å²) < 4.78 is 5.93. The van der Waals surface area contributed by atoms with Crippen molar-refractivity contribution in [2.75, 3.05) is 6.79 Å². The van der Waals surface area contributed by atoms with Crippen LogP contribution in [0.15, 0.2) is 48.9 Å². The molecule has 2 aromatic rings. The molecule has 0 aliphatic carbocycles. The number of hydrogen-bond donors (Lipinski definition) is 1. The number of Topliss-reactive ketones (excluding diaryl/α,β-unsaturated/α-hetero) is 1. The lowest BCUT2D eigenvalue weighted by molar-refractivity contribution is -0.686. The van der Waals surface area contributed by atoms with E-state index in [1.807, 2.05) is 6.07 Å². The molecular formula is C14H13N2O4+. The largest absolute Gasteiger partial charge is 0.431 e. The molecule has 1 heterocycles. The van der Waals surface area contributed by atoms with Crippen LogP contribution in [0.1, 0.15) is 20.8 Å². The van der Waals surface area contributed by atoms with Crippen LogP contribution in [0.3, 0.4) is 0 Å². The SMILES string of the molecule is O=C(C[n+]1ccncc1C(=O)OCO)c1ccccc1. The van der Waals surface area contributed by atoms with Crippen molar-refractivity contribution in [2.45, 2.75) is 6.54 Å². The van der Waals surface area contributed by atoms with E-state index in [1.165, 1.54) is 23.2 Å². The Balaban J connectivity index is 2.21. The third-order valence-corrected chi connectivity index (χ3v) is 2.65. The Morgan fingerprint density at radius 1 is 1.25 bits per heavy atom. The van der Waals surface area contributed by atoms with Gasteiger partial charge in [-0.2, -0.15) is 4.57 Å². The van der Waals surface area contributed by atoms with Crippen LogP contribution in [0.4, 0.5) is 0 Å². The normalized spacial score (nSPS) is 10.1. The minimum absolute atomic E-state index is 0.0115. The van der Waals surface area contributed by atoms with Gasteiger partial charge in [-0.1, -0.05) is 30.3 Å². The standard InChI is InChI=1S/C14H13N2O4/c17-10-20-14(19)12-8-15-6-7-16(12)9-13(18)11-4-2-1-3-5-11/h1-8,17H,9-10H2/q+1. The lowest BCUT2D eigenvalue weighted by Gasteiger charge is -2.02. The number of carbonyl (C=O) groups excluding carboxylic acids is 2. The zero-order valence-corrected chi connectivity index (χ0v) is 10.6. The second-order valence-electron chi connectivity index (χ2n) is 3.94. The number of ether oxygens (including phenoxy) is 1. The minimum Gasteiger partial charge on any atom is -0.431 e. The molecule has 1 N–H and O–H groups in total. The highest BCUT2D eigenvalue weighted by molar-refractivity contribution is 5.95. The summed E-state index contributed by atoms with van der Waals surface area (Å²) >= 11 is 0. The van der Waals surface area contributed by atoms with E-state index in [0.29, 0.717) is 5.56 Å². The van der Waals surface area contributed by atoms with Gasteiger partial charge in [0.15, 0.2) is 13.0 Å². The van der Waals surface area contributed by atoms with Crippen LogP contribution in [-0.4, -0.2) is 28.6 Å². The van der Waals surface area contributed by atoms with Gasteiger partial charge < -0.3 is 9.84 Å². The van der Waals surface area contributed by atoms with Crippen LogP contribution in [0, 0.1) is 0 Å². The van der Waals surface area contributed by atoms with Gasteiger partial charge in [0.05, 0.1) is 6.20 Å². The van der Waals surface area contributed by atoms with Crippen LogP contribution < -0.4 is 4.57 Å². The molecule has 0 amide bonds. The van der Waals surface area contributed by atoms with E-state index >= 15 is 0 Å². The van der Waals surface area contributed by atoms with E-state index in [0.717, 1.165) is 0 Å². The second kappa shape index (κ2) is 6.53. The Labute approximate surface area is 115 Å². The molecule has 0 radical (unpaired) electrons. The maximum atomic E-state index is 12.1. The first-order chi connectivity index (χ1) is 9.72. The maximum Gasteiger partial charge on any atom is 0.407 e. The first-order valence-electron chi connectivity index (χ1n) is 5.92. The molecule has 0 atom stereocenters. The van der Waals surface area contributed by atoms with Crippen molar-refractivity contribution in [1.82, 2.24) is 4.98 Å². The molecule has 1 aromatic heterocycles. The molecule has 0 aliphatic heterocycles. The van der Waals surface area contributed by atoms with Crippen molar-refractivity contribution >= 4 is 11.8 Å². The maximum absolute atomic E-state index is 12.1. The highest BCUT2D eigenvalue weighted by atomic mass is 16.6. The number of nitrogens with zero attached hydrogens (tertiary/aromatic N) is 2. The van der Waals surface area contributed by atoms with Gasteiger partial charge >= 0.3 is 11.7 Å². The summed E-state index contributed by atoms with van der Waals surface area (Å²) in [5.41, 5.74) is 0.657. The summed E-state index contributed by atoms with van der Waals surface area (Å²) in [6.07, 6.45) is 4.26. The van der Waals surface area contributed by atoms with E-state index in [-0.39, 0.29) is 18.0 Å². The first kappa shape index (κ1) is 13.8. The fourth-order valence-electron chi connectivity index (χ4n) is 1.70. The summed E-state index contributed by atoms with van der Waals surface area (Å²) in [7, 11) is 0. The molecule has 0 bridgehead atoms. The molecule has 0 saturated carbocycles. The molecule has 0 fully saturated rings. The van der Waals surface area contributed by atoms with Crippen molar-refractivity contribution in [3.63, 3.8) is 0 Å². The van der Waals surface area contributed by atoms with Gasteiger partial charge in [0.1, 0.15) is 6.20 Å². The van der Waals surface area contributed by atoms with Crippen LogP contribution in [0.5, 0.6) is 0 Å². The van der Waals surface area contributed by atoms with Crippen LogP contribution in [-0.2, 0) is 11.3 Å². The lowest BCUT2D eigenvalue weighted by Crippen LogP contribution is -2.44. The van der Waals surface area contributed by atoms with E-state index in [9.17, 15) is 9.59 Å².